The van der Waals surface area contributed by atoms with Gasteiger partial charge >= 0.3 is 0 Å². The lowest BCUT2D eigenvalue weighted by atomic mass is 10.1. The number of imidazole rings is 1. The summed E-state index contributed by atoms with van der Waals surface area (Å²) in [6, 6.07) is 27.6. The third-order valence-corrected chi connectivity index (χ3v) is 6.72. The summed E-state index contributed by atoms with van der Waals surface area (Å²) in [5, 5.41) is 10.4. The molecule has 188 valence electrons. The molecule has 0 unspecified atom stereocenters. The van der Waals surface area contributed by atoms with Crippen LogP contribution in [0.25, 0.3) is 45.1 Å². The lowest BCUT2D eigenvalue weighted by molar-refractivity contribution is 0.355. The highest BCUT2D eigenvalue weighted by Crippen LogP contribution is 2.33. The first-order valence-corrected chi connectivity index (χ1v) is 12.4. The zero-order chi connectivity index (χ0) is 26.2. The summed E-state index contributed by atoms with van der Waals surface area (Å²) in [6.07, 6.45) is 1.95. The molecule has 0 fully saturated rings. The Morgan fingerprint density at radius 1 is 0.684 bits per heavy atom. The van der Waals surface area contributed by atoms with Crippen molar-refractivity contribution in [1.29, 1.82) is 0 Å². The molecular weight excluding hydrogens is 498 g/mol. The number of hydrogen-bond donors (Lipinski definition) is 0. The van der Waals surface area contributed by atoms with Crippen LogP contribution in [0.4, 0.5) is 0 Å². The highest BCUT2D eigenvalue weighted by molar-refractivity contribution is 6.30. The van der Waals surface area contributed by atoms with E-state index < -0.39 is 0 Å². The molecule has 7 nitrogen and oxygen atoms in total. The molecule has 3 heterocycles. The minimum Gasteiger partial charge on any atom is -0.493 e. The van der Waals surface area contributed by atoms with Crippen molar-refractivity contribution in [3.8, 4) is 51.0 Å². The van der Waals surface area contributed by atoms with E-state index in [9.17, 15) is 0 Å². The van der Waals surface area contributed by atoms with Gasteiger partial charge in [-0.2, -0.15) is 10.2 Å². The van der Waals surface area contributed by atoms with Gasteiger partial charge in [0.15, 0.2) is 17.1 Å². The Morgan fingerprint density at radius 3 is 2.11 bits per heavy atom. The van der Waals surface area contributed by atoms with Gasteiger partial charge in [0.25, 0.3) is 0 Å². The molecule has 0 bridgehead atoms. The summed E-state index contributed by atoms with van der Waals surface area (Å²) >= 11 is 6.02. The first kappa shape index (κ1) is 23.8. The maximum Gasteiger partial charge on any atom is 0.161 e. The third-order valence-electron chi connectivity index (χ3n) is 6.47. The predicted molar refractivity (Wildman–Crippen MR) is 149 cm³/mol. The second kappa shape index (κ2) is 9.68. The Morgan fingerprint density at radius 2 is 1.37 bits per heavy atom. The SMILES string of the molecule is COc1ccc(-c2ccc3nc(C)c(-c4ccc(-n5ccc(-c6ccc(Cl)cc6)n5)cc4)n3n2)cc1OC. The normalized spacial score (nSPS) is 11.2. The first-order valence-electron chi connectivity index (χ1n) is 12.1. The lowest BCUT2D eigenvalue weighted by Gasteiger charge is -2.10. The second-order valence-corrected chi connectivity index (χ2v) is 9.24. The summed E-state index contributed by atoms with van der Waals surface area (Å²) in [5.74, 6) is 1.33. The van der Waals surface area contributed by atoms with Crippen LogP contribution in [0.2, 0.25) is 5.02 Å². The maximum atomic E-state index is 6.02. The number of halogens is 1. The van der Waals surface area contributed by atoms with Crippen molar-refractivity contribution in [2.24, 2.45) is 0 Å². The molecule has 0 aliphatic rings. The molecule has 0 radical (unpaired) electrons. The van der Waals surface area contributed by atoms with E-state index in [1.165, 1.54) is 0 Å². The number of hydrogen-bond acceptors (Lipinski definition) is 5. The van der Waals surface area contributed by atoms with Crippen molar-refractivity contribution >= 4 is 17.2 Å². The van der Waals surface area contributed by atoms with Crippen LogP contribution in [0.5, 0.6) is 11.5 Å². The van der Waals surface area contributed by atoms with Crippen LogP contribution < -0.4 is 9.47 Å². The van der Waals surface area contributed by atoms with Crippen molar-refractivity contribution in [3.63, 3.8) is 0 Å². The van der Waals surface area contributed by atoms with Crippen LogP contribution in [0.1, 0.15) is 5.69 Å². The number of benzene rings is 3. The van der Waals surface area contributed by atoms with E-state index in [0.29, 0.717) is 16.5 Å². The molecule has 3 aromatic carbocycles. The Labute approximate surface area is 224 Å². The van der Waals surface area contributed by atoms with Crippen LogP contribution in [0.3, 0.4) is 0 Å². The standard InChI is InChI=1S/C30H24ClN5O2/c1-19-30(36-29(32-19)15-13-25(34-36)22-8-14-27(37-2)28(18-22)38-3)21-6-11-24(12-7-21)35-17-16-26(33-35)20-4-9-23(31)10-5-20/h4-18H,1-3H3. The van der Waals surface area contributed by atoms with Gasteiger partial charge in [0.1, 0.15) is 0 Å². The average molecular weight is 522 g/mol. The van der Waals surface area contributed by atoms with E-state index in [4.69, 9.17) is 36.3 Å². The molecule has 6 aromatic rings. The average Bonchev–Trinajstić information content (AvgIpc) is 3.57. The highest BCUT2D eigenvalue weighted by Gasteiger charge is 2.15. The van der Waals surface area contributed by atoms with E-state index in [0.717, 1.165) is 50.8 Å². The number of nitrogens with zero attached hydrogens (tertiary/aromatic N) is 5. The van der Waals surface area contributed by atoms with Gasteiger partial charge in [-0.25, -0.2) is 14.2 Å². The molecule has 0 N–H and O–H groups in total. The Balaban J connectivity index is 1.34. The van der Waals surface area contributed by atoms with Crippen molar-refractivity contribution in [1.82, 2.24) is 24.4 Å². The Bertz CT molecular complexity index is 1750. The largest absolute Gasteiger partial charge is 0.493 e. The molecule has 0 spiro atoms. The lowest BCUT2D eigenvalue weighted by Crippen LogP contribution is -1.99. The topological polar surface area (TPSA) is 66.5 Å². The summed E-state index contributed by atoms with van der Waals surface area (Å²) in [6.45, 7) is 2.00. The van der Waals surface area contributed by atoms with E-state index in [1.807, 2.05) is 95.1 Å². The van der Waals surface area contributed by atoms with Gasteiger partial charge in [0.2, 0.25) is 0 Å². The summed E-state index contributed by atoms with van der Waals surface area (Å²) in [7, 11) is 3.25. The number of aromatic nitrogens is 5. The number of fused-ring (bicyclic) bond motifs is 1. The van der Waals surface area contributed by atoms with Gasteiger partial charge in [0, 0.05) is 27.9 Å². The molecule has 0 saturated heterocycles. The van der Waals surface area contributed by atoms with Crippen LogP contribution in [-0.4, -0.2) is 38.6 Å². The van der Waals surface area contributed by atoms with E-state index in [1.54, 1.807) is 14.2 Å². The molecule has 0 aliphatic carbocycles. The van der Waals surface area contributed by atoms with Gasteiger partial charge in [-0.15, -0.1) is 0 Å². The van der Waals surface area contributed by atoms with Crippen molar-refractivity contribution < 1.29 is 9.47 Å². The minimum atomic E-state index is 0.655. The first-order chi connectivity index (χ1) is 18.5. The third kappa shape index (κ3) is 4.27. The number of aryl methyl sites for hydroxylation is 1. The molecule has 0 aliphatic heterocycles. The molecule has 6 rings (SSSR count). The maximum absolute atomic E-state index is 6.02. The van der Waals surface area contributed by atoms with Gasteiger partial charge in [-0.05, 0) is 67.6 Å². The quantitative estimate of drug-likeness (QED) is 0.238. The fraction of sp³-hybridized carbons (Fsp3) is 0.100. The highest BCUT2D eigenvalue weighted by atomic mass is 35.5. The van der Waals surface area contributed by atoms with Gasteiger partial charge < -0.3 is 9.47 Å². The summed E-state index contributed by atoms with van der Waals surface area (Å²) < 4.78 is 14.6. The Hall–Kier alpha value is -4.62. The van der Waals surface area contributed by atoms with Crippen molar-refractivity contribution in [2.45, 2.75) is 6.92 Å². The number of rotatable bonds is 6. The zero-order valence-electron chi connectivity index (χ0n) is 21.1. The smallest absolute Gasteiger partial charge is 0.161 e. The van der Waals surface area contributed by atoms with E-state index in [-0.39, 0.29) is 0 Å². The fourth-order valence-electron chi connectivity index (χ4n) is 4.54. The molecule has 0 saturated carbocycles. The zero-order valence-corrected chi connectivity index (χ0v) is 21.8. The Kier molecular flexibility index (Phi) is 6.05. The molecular formula is C30H24ClN5O2. The summed E-state index contributed by atoms with van der Waals surface area (Å²) in [4.78, 5) is 4.74. The minimum absolute atomic E-state index is 0.655. The van der Waals surface area contributed by atoms with Gasteiger partial charge in [0.05, 0.1) is 42.7 Å². The van der Waals surface area contributed by atoms with Crippen molar-refractivity contribution in [2.75, 3.05) is 14.2 Å². The van der Waals surface area contributed by atoms with Crippen LogP contribution in [0.15, 0.2) is 91.1 Å². The number of methoxy groups -OCH3 is 2. The monoisotopic (exact) mass is 521 g/mol. The van der Waals surface area contributed by atoms with E-state index in [2.05, 4.69) is 12.1 Å². The molecule has 38 heavy (non-hydrogen) atoms. The van der Waals surface area contributed by atoms with Gasteiger partial charge in [-0.1, -0.05) is 35.9 Å². The fourth-order valence-corrected chi connectivity index (χ4v) is 4.66. The second-order valence-electron chi connectivity index (χ2n) is 8.80. The van der Waals surface area contributed by atoms with Gasteiger partial charge in [-0.3, -0.25) is 0 Å². The molecule has 0 amide bonds. The van der Waals surface area contributed by atoms with Crippen LogP contribution >= 0.6 is 11.6 Å². The van der Waals surface area contributed by atoms with E-state index >= 15 is 0 Å². The number of ether oxygens (including phenoxy) is 2. The molecule has 3 aromatic heterocycles. The molecule has 0 atom stereocenters. The molecule has 8 heteroatoms. The van der Waals surface area contributed by atoms with Crippen molar-refractivity contribution in [3.05, 3.63) is 102 Å². The van der Waals surface area contributed by atoms with Crippen LogP contribution in [0, 0.1) is 6.92 Å². The van der Waals surface area contributed by atoms with Crippen LogP contribution in [-0.2, 0) is 0 Å². The predicted octanol–water partition coefficient (Wildman–Crippen LogP) is 6.90. The summed E-state index contributed by atoms with van der Waals surface area (Å²) in [5.41, 5.74) is 8.23.